The van der Waals surface area contributed by atoms with Gasteiger partial charge in [-0.2, -0.15) is 0 Å². The van der Waals surface area contributed by atoms with Gasteiger partial charge in [0.05, 0.1) is 6.20 Å². The minimum Gasteiger partial charge on any atom is -0.448 e. The van der Waals surface area contributed by atoms with E-state index in [9.17, 15) is 9.59 Å². The summed E-state index contributed by atoms with van der Waals surface area (Å²) in [7, 11) is 0. The van der Waals surface area contributed by atoms with Crippen molar-refractivity contribution in [2.75, 3.05) is 6.54 Å². The first-order valence-corrected chi connectivity index (χ1v) is 7.73. The molecular formula is C17H19N3O3. The lowest BCUT2D eigenvalue weighted by Crippen LogP contribution is -2.46. The molecule has 0 spiro atoms. The molecule has 1 fully saturated rings. The van der Waals surface area contributed by atoms with Crippen molar-refractivity contribution in [2.24, 2.45) is 0 Å². The van der Waals surface area contributed by atoms with Crippen LogP contribution in [0.15, 0.2) is 47.2 Å². The molecule has 1 aliphatic heterocycles. The average molecular weight is 313 g/mol. The van der Waals surface area contributed by atoms with Gasteiger partial charge in [0.25, 0.3) is 0 Å². The zero-order chi connectivity index (χ0) is 16.1. The standard InChI is InChI=1S/C17H19N3O3/c21-16(11-15-18-8-10-23-15)20-9-4-7-14(20)17(22)19-12-13-5-2-1-3-6-13/h1-3,5-6,8,10,14H,4,7,9,11-12H2,(H,19,22)/t14-/m0/s1. The molecule has 1 N–H and O–H groups in total. The van der Waals surface area contributed by atoms with Gasteiger partial charge in [-0.05, 0) is 18.4 Å². The maximum atomic E-state index is 12.4. The van der Waals surface area contributed by atoms with E-state index in [1.807, 2.05) is 30.3 Å². The third-order valence-corrected chi connectivity index (χ3v) is 3.97. The Balaban J connectivity index is 1.57. The highest BCUT2D eigenvalue weighted by atomic mass is 16.3. The lowest BCUT2D eigenvalue weighted by molar-refractivity contribution is -0.138. The predicted molar refractivity (Wildman–Crippen MR) is 83.2 cm³/mol. The molecule has 0 unspecified atom stereocenters. The van der Waals surface area contributed by atoms with Crippen molar-refractivity contribution in [1.29, 1.82) is 0 Å². The lowest BCUT2D eigenvalue weighted by Gasteiger charge is -2.23. The zero-order valence-corrected chi connectivity index (χ0v) is 12.8. The van der Waals surface area contributed by atoms with Crippen LogP contribution >= 0.6 is 0 Å². The van der Waals surface area contributed by atoms with E-state index in [4.69, 9.17) is 4.42 Å². The molecule has 0 bridgehead atoms. The van der Waals surface area contributed by atoms with Crippen LogP contribution in [-0.2, 0) is 22.6 Å². The van der Waals surface area contributed by atoms with Crippen molar-refractivity contribution in [1.82, 2.24) is 15.2 Å². The van der Waals surface area contributed by atoms with Crippen LogP contribution in [0.4, 0.5) is 0 Å². The molecule has 2 amide bonds. The van der Waals surface area contributed by atoms with E-state index >= 15 is 0 Å². The number of carbonyl (C=O) groups is 2. The van der Waals surface area contributed by atoms with Gasteiger partial charge in [-0.1, -0.05) is 30.3 Å². The van der Waals surface area contributed by atoms with Crippen LogP contribution in [0.25, 0.3) is 0 Å². The van der Waals surface area contributed by atoms with Gasteiger partial charge < -0.3 is 14.6 Å². The molecule has 120 valence electrons. The summed E-state index contributed by atoms with van der Waals surface area (Å²) in [6.45, 7) is 1.07. The summed E-state index contributed by atoms with van der Waals surface area (Å²) >= 11 is 0. The maximum Gasteiger partial charge on any atom is 0.243 e. The Morgan fingerprint density at radius 2 is 2.13 bits per heavy atom. The molecule has 23 heavy (non-hydrogen) atoms. The van der Waals surface area contributed by atoms with Gasteiger partial charge in [-0.25, -0.2) is 4.98 Å². The Morgan fingerprint density at radius 3 is 2.87 bits per heavy atom. The van der Waals surface area contributed by atoms with Crippen LogP contribution in [0.2, 0.25) is 0 Å². The van der Waals surface area contributed by atoms with Gasteiger partial charge in [0.2, 0.25) is 17.7 Å². The van der Waals surface area contributed by atoms with Crippen molar-refractivity contribution in [2.45, 2.75) is 31.8 Å². The second-order valence-electron chi connectivity index (χ2n) is 5.55. The summed E-state index contributed by atoms with van der Waals surface area (Å²) in [4.78, 5) is 30.3. The third kappa shape index (κ3) is 3.77. The number of nitrogens with zero attached hydrogens (tertiary/aromatic N) is 2. The van der Waals surface area contributed by atoms with E-state index in [2.05, 4.69) is 10.3 Å². The Hall–Kier alpha value is -2.63. The van der Waals surface area contributed by atoms with Gasteiger partial charge in [-0.15, -0.1) is 0 Å². The molecule has 1 aliphatic rings. The topological polar surface area (TPSA) is 75.4 Å². The second kappa shape index (κ2) is 7.09. The van der Waals surface area contributed by atoms with Gasteiger partial charge in [0, 0.05) is 13.1 Å². The van der Waals surface area contributed by atoms with E-state index in [1.54, 1.807) is 4.90 Å². The number of hydrogen-bond acceptors (Lipinski definition) is 4. The highest BCUT2D eigenvalue weighted by Crippen LogP contribution is 2.19. The van der Waals surface area contributed by atoms with E-state index < -0.39 is 6.04 Å². The highest BCUT2D eigenvalue weighted by molar-refractivity contribution is 5.88. The number of nitrogens with one attached hydrogen (secondary N) is 1. The minimum atomic E-state index is -0.402. The largest absolute Gasteiger partial charge is 0.448 e. The highest BCUT2D eigenvalue weighted by Gasteiger charge is 2.34. The number of likely N-dealkylation sites (tertiary alicyclic amines) is 1. The summed E-state index contributed by atoms with van der Waals surface area (Å²) in [6.07, 6.45) is 4.57. The van der Waals surface area contributed by atoms with Crippen molar-refractivity contribution < 1.29 is 14.0 Å². The molecule has 0 radical (unpaired) electrons. The molecule has 1 aromatic carbocycles. The number of hydrogen-bond donors (Lipinski definition) is 1. The van der Waals surface area contributed by atoms with Gasteiger partial charge in [0.1, 0.15) is 18.7 Å². The van der Waals surface area contributed by atoms with E-state index in [-0.39, 0.29) is 18.2 Å². The number of aromatic nitrogens is 1. The Kier molecular flexibility index (Phi) is 4.71. The smallest absolute Gasteiger partial charge is 0.243 e. The predicted octanol–water partition coefficient (Wildman–Crippen LogP) is 1.52. The van der Waals surface area contributed by atoms with Crippen LogP contribution in [-0.4, -0.2) is 34.3 Å². The Labute approximate surface area is 134 Å². The number of oxazole rings is 1. The molecule has 2 aromatic rings. The Bertz CT molecular complexity index is 655. The first-order chi connectivity index (χ1) is 11.2. The number of benzene rings is 1. The van der Waals surface area contributed by atoms with Crippen molar-refractivity contribution >= 4 is 11.8 Å². The summed E-state index contributed by atoms with van der Waals surface area (Å²) in [6, 6.07) is 9.32. The molecule has 1 atom stereocenters. The quantitative estimate of drug-likeness (QED) is 0.908. The van der Waals surface area contributed by atoms with Gasteiger partial charge >= 0.3 is 0 Å². The van der Waals surface area contributed by atoms with Crippen LogP contribution in [0.1, 0.15) is 24.3 Å². The zero-order valence-electron chi connectivity index (χ0n) is 12.8. The molecule has 3 rings (SSSR count). The summed E-state index contributed by atoms with van der Waals surface area (Å²) in [5.74, 6) is 0.155. The molecule has 2 heterocycles. The van der Waals surface area contributed by atoms with Crippen molar-refractivity contribution in [3.05, 3.63) is 54.2 Å². The van der Waals surface area contributed by atoms with Gasteiger partial charge in [-0.3, -0.25) is 9.59 Å². The fourth-order valence-corrected chi connectivity index (χ4v) is 2.81. The number of carbonyl (C=O) groups excluding carboxylic acids is 2. The summed E-state index contributed by atoms with van der Waals surface area (Å²) < 4.78 is 5.11. The molecule has 1 aromatic heterocycles. The normalized spacial score (nSPS) is 17.2. The Morgan fingerprint density at radius 1 is 1.30 bits per heavy atom. The molecule has 6 nitrogen and oxygen atoms in total. The molecule has 6 heteroatoms. The van der Waals surface area contributed by atoms with Crippen LogP contribution < -0.4 is 5.32 Å². The SMILES string of the molecule is O=C(NCc1ccccc1)[C@@H]1CCCN1C(=O)Cc1ncco1. The van der Waals surface area contributed by atoms with E-state index in [0.717, 1.165) is 12.0 Å². The summed E-state index contributed by atoms with van der Waals surface area (Å²) in [5.41, 5.74) is 1.04. The lowest BCUT2D eigenvalue weighted by atomic mass is 10.2. The molecule has 1 saturated heterocycles. The second-order valence-corrected chi connectivity index (χ2v) is 5.55. The number of rotatable bonds is 5. The van der Waals surface area contributed by atoms with Crippen molar-refractivity contribution in [3.8, 4) is 0 Å². The average Bonchev–Trinajstić information content (AvgIpc) is 3.24. The summed E-state index contributed by atoms with van der Waals surface area (Å²) in [5, 5.41) is 2.91. The van der Waals surface area contributed by atoms with Gasteiger partial charge in [0.15, 0.2) is 0 Å². The first-order valence-electron chi connectivity index (χ1n) is 7.73. The first kappa shape index (κ1) is 15.3. The van der Waals surface area contributed by atoms with Crippen molar-refractivity contribution in [3.63, 3.8) is 0 Å². The minimum absolute atomic E-state index is 0.0927. The fraction of sp³-hybridized carbons (Fsp3) is 0.353. The third-order valence-electron chi connectivity index (χ3n) is 3.97. The maximum absolute atomic E-state index is 12.4. The van der Waals surface area contributed by atoms with Crippen LogP contribution in [0, 0.1) is 0 Å². The van der Waals surface area contributed by atoms with Crippen LogP contribution in [0.5, 0.6) is 0 Å². The van der Waals surface area contributed by atoms with Crippen LogP contribution in [0.3, 0.4) is 0 Å². The fourth-order valence-electron chi connectivity index (χ4n) is 2.81. The van der Waals surface area contributed by atoms with E-state index in [0.29, 0.717) is 25.4 Å². The molecule has 0 saturated carbocycles. The van der Waals surface area contributed by atoms with E-state index in [1.165, 1.54) is 12.5 Å². The monoisotopic (exact) mass is 313 g/mol. The molecular weight excluding hydrogens is 294 g/mol. The molecule has 0 aliphatic carbocycles. The number of amides is 2.